The van der Waals surface area contributed by atoms with E-state index in [0.29, 0.717) is 5.92 Å². The number of halogens is 2. The van der Waals surface area contributed by atoms with Crippen molar-refractivity contribution < 1.29 is 29.3 Å². The molecule has 1 aliphatic carbocycles. The number of aliphatic hydroxyl groups excluding tert-OH is 2. The minimum atomic E-state index is -1.63. The van der Waals surface area contributed by atoms with Gasteiger partial charge in [-0.05, 0) is 19.3 Å². The quantitative estimate of drug-likeness (QED) is 0.182. The number of carbonyl (C=O) groups excluding carboxylic acids is 2. The monoisotopic (exact) mass is 505 g/mol. The molecule has 0 bridgehead atoms. The Kier molecular flexibility index (Phi) is 10.8. The summed E-state index contributed by atoms with van der Waals surface area (Å²) in [5.41, 5.74) is -0.639. The molecule has 0 aromatic heterocycles. The summed E-state index contributed by atoms with van der Waals surface area (Å²) in [6, 6.07) is -0.681. The van der Waals surface area contributed by atoms with Crippen molar-refractivity contribution in [3.63, 3.8) is 0 Å². The van der Waals surface area contributed by atoms with E-state index in [1.54, 1.807) is 6.08 Å². The molecule has 1 heterocycles. The highest BCUT2D eigenvalue weighted by atomic mass is 35.5. The van der Waals surface area contributed by atoms with Crippen LogP contribution in [0.5, 0.6) is 0 Å². The van der Waals surface area contributed by atoms with E-state index in [4.69, 9.17) is 32.7 Å². The highest BCUT2D eigenvalue weighted by Gasteiger charge is 2.64. The summed E-state index contributed by atoms with van der Waals surface area (Å²) < 4.78 is 11.1. The lowest BCUT2D eigenvalue weighted by Gasteiger charge is -2.44. The van der Waals surface area contributed by atoms with Gasteiger partial charge < -0.3 is 25.0 Å². The predicted octanol–water partition coefficient (Wildman–Crippen LogP) is 3.23. The second-order valence-corrected chi connectivity index (χ2v) is 10.1. The number of carbonyl (C=O) groups is 2. The summed E-state index contributed by atoms with van der Waals surface area (Å²) in [6.07, 6.45) is 7.37. The Bertz CT molecular complexity index is 724. The van der Waals surface area contributed by atoms with E-state index in [1.165, 1.54) is 38.9 Å². The third-order valence-electron chi connectivity index (χ3n) is 6.42. The van der Waals surface area contributed by atoms with Gasteiger partial charge in [0.05, 0.1) is 6.04 Å². The first kappa shape index (κ1) is 28.3. The second-order valence-electron chi connectivity index (χ2n) is 9.16. The van der Waals surface area contributed by atoms with Crippen LogP contribution in [0.3, 0.4) is 0 Å². The predicted molar refractivity (Wildman–Crippen MR) is 128 cm³/mol. The van der Waals surface area contributed by atoms with Crippen LogP contribution in [-0.4, -0.2) is 69.9 Å². The van der Waals surface area contributed by atoms with Gasteiger partial charge in [0, 0.05) is 19.6 Å². The Morgan fingerprint density at radius 3 is 2.45 bits per heavy atom. The lowest BCUT2D eigenvalue weighted by molar-refractivity contribution is -0.231. The highest BCUT2D eigenvalue weighted by molar-refractivity contribution is 6.41. The zero-order chi connectivity index (χ0) is 24.8. The zero-order valence-electron chi connectivity index (χ0n) is 19.8. The Morgan fingerprint density at radius 2 is 1.88 bits per heavy atom. The average molecular weight is 506 g/mol. The van der Waals surface area contributed by atoms with Gasteiger partial charge in [0.25, 0.3) is 0 Å². The molecule has 8 atom stereocenters. The van der Waals surface area contributed by atoms with E-state index < -0.39 is 46.7 Å². The van der Waals surface area contributed by atoms with Crippen molar-refractivity contribution in [2.45, 2.75) is 100 Å². The van der Waals surface area contributed by atoms with Crippen LogP contribution >= 0.6 is 23.2 Å². The Balaban J connectivity index is 2.00. The molecule has 33 heavy (non-hydrogen) atoms. The molecule has 2 rings (SSSR count). The number of ether oxygens (including phenoxy) is 2. The maximum Gasteiger partial charge on any atom is 0.244 e. The number of unbranched alkanes of at least 4 members (excludes halogenated alkanes) is 3. The lowest BCUT2D eigenvalue weighted by Crippen LogP contribution is -2.67. The van der Waals surface area contributed by atoms with Gasteiger partial charge in [-0.2, -0.15) is 0 Å². The minimum Gasteiger partial charge on any atom is -0.388 e. The highest BCUT2D eigenvalue weighted by Crippen LogP contribution is 2.44. The molecule has 188 valence electrons. The summed E-state index contributed by atoms with van der Waals surface area (Å²) in [5.74, 6) is -0.606. The average Bonchev–Trinajstić information content (AvgIpc) is 3.16. The van der Waals surface area contributed by atoms with E-state index in [-0.39, 0.29) is 12.3 Å². The van der Waals surface area contributed by atoms with Crippen molar-refractivity contribution in [3.8, 4) is 0 Å². The molecular formula is C24H37Cl2NO6. The summed E-state index contributed by atoms with van der Waals surface area (Å²) in [7, 11) is 1.39. The van der Waals surface area contributed by atoms with Gasteiger partial charge in [0.1, 0.15) is 28.6 Å². The number of hydrogen-bond donors (Lipinski definition) is 3. The largest absolute Gasteiger partial charge is 0.388 e. The van der Waals surface area contributed by atoms with Crippen LogP contribution in [0.2, 0.25) is 0 Å². The van der Waals surface area contributed by atoms with Crippen LogP contribution in [0.25, 0.3) is 0 Å². The van der Waals surface area contributed by atoms with E-state index in [0.717, 1.165) is 12.0 Å². The molecule has 0 radical (unpaired) electrons. The first-order valence-corrected chi connectivity index (χ1v) is 12.5. The van der Waals surface area contributed by atoms with Crippen LogP contribution in [0.4, 0.5) is 0 Å². The zero-order valence-corrected chi connectivity index (χ0v) is 21.3. The van der Waals surface area contributed by atoms with Gasteiger partial charge in [0.2, 0.25) is 5.91 Å². The molecule has 3 unspecified atom stereocenters. The third-order valence-corrected chi connectivity index (χ3v) is 7.33. The Labute approximate surface area is 206 Å². The van der Waals surface area contributed by atoms with Crippen LogP contribution in [0.1, 0.15) is 59.3 Å². The number of Topliss-reactive ketones (excluding diaryl/α,β-unsaturated/α-hetero) is 1. The van der Waals surface area contributed by atoms with Crippen molar-refractivity contribution >= 4 is 34.9 Å². The van der Waals surface area contributed by atoms with Crippen molar-refractivity contribution in [1.82, 2.24) is 5.32 Å². The molecule has 2 aliphatic rings. The normalized spacial score (nSPS) is 36.0. The molecule has 7 nitrogen and oxygen atoms in total. The molecule has 1 aliphatic heterocycles. The molecule has 0 aromatic rings. The molecule has 0 aromatic carbocycles. The molecule has 9 heteroatoms. The fraction of sp³-hybridized carbons (Fsp3) is 0.750. The molecule has 1 saturated carbocycles. The lowest BCUT2D eigenvalue weighted by atomic mass is 9.76. The number of aliphatic hydroxyl groups is 2. The summed E-state index contributed by atoms with van der Waals surface area (Å²) >= 11 is 12.1. The number of amides is 1. The van der Waals surface area contributed by atoms with Crippen LogP contribution < -0.4 is 5.32 Å². The summed E-state index contributed by atoms with van der Waals surface area (Å²) in [5, 5.41) is 21.4. The van der Waals surface area contributed by atoms with E-state index in [9.17, 15) is 19.8 Å². The minimum absolute atomic E-state index is 0.0171. The van der Waals surface area contributed by atoms with Gasteiger partial charge >= 0.3 is 0 Å². The Hall–Kier alpha value is -0.960. The summed E-state index contributed by atoms with van der Waals surface area (Å²) in [4.78, 5) is 24.6. The molecule has 1 spiro atoms. The smallest absolute Gasteiger partial charge is 0.244 e. The number of alkyl halides is 2. The number of nitrogens with one attached hydrogen (secondary N) is 1. The fourth-order valence-corrected chi connectivity index (χ4v) is 5.31. The van der Waals surface area contributed by atoms with Crippen LogP contribution in [0.15, 0.2) is 23.8 Å². The fourth-order valence-electron chi connectivity index (χ4n) is 4.55. The number of rotatable bonds is 10. The molecule has 1 amide bonds. The summed E-state index contributed by atoms with van der Waals surface area (Å²) in [6.45, 7) is 6.31. The van der Waals surface area contributed by atoms with Gasteiger partial charge in [-0.25, -0.2) is 0 Å². The molecule has 2 fully saturated rings. The van der Waals surface area contributed by atoms with Crippen molar-refractivity contribution in [2.24, 2.45) is 5.92 Å². The first-order chi connectivity index (χ1) is 15.6. The standard InChI is InChI=1S/C24H37Cl2NO6/c1-5-6-7-8-9-14(2)12-15(3)10-11-17(28)27-16-13-24(33-23(16)32-4)21(30)18(25)20(29)19(26)22(24)31/h10-12,14,16,18-19,21-23,30-31H,5-9,13H2,1-4H3,(H,27,28)/b11-10+,15-12+/t14?,16-,18-,19+,21+,22+,23?,24?/m0/s1. The van der Waals surface area contributed by atoms with E-state index in [2.05, 4.69) is 25.2 Å². The topological polar surface area (TPSA) is 105 Å². The van der Waals surface area contributed by atoms with Gasteiger partial charge in [-0.3, -0.25) is 9.59 Å². The van der Waals surface area contributed by atoms with Crippen LogP contribution in [0, 0.1) is 5.92 Å². The number of allylic oxidation sites excluding steroid dienone is 3. The van der Waals surface area contributed by atoms with Gasteiger partial charge in [-0.1, -0.05) is 57.3 Å². The number of ketones is 1. The van der Waals surface area contributed by atoms with Crippen molar-refractivity contribution in [1.29, 1.82) is 0 Å². The maximum atomic E-state index is 12.5. The van der Waals surface area contributed by atoms with Gasteiger partial charge in [-0.15, -0.1) is 23.2 Å². The Morgan fingerprint density at radius 1 is 1.24 bits per heavy atom. The molecule has 3 N–H and O–H groups in total. The number of methoxy groups -OCH3 is 1. The third kappa shape index (κ3) is 6.80. The van der Waals surface area contributed by atoms with Crippen molar-refractivity contribution in [2.75, 3.05) is 7.11 Å². The van der Waals surface area contributed by atoms with E-state index >= 15 is 0 Å². The van der Waals surface area contributed by atoms with E-state index in [1.807, 2.05) is 6.92 Å². The van der Waals surface area contributed by atoms with Gasteiger partial charge in [0.15, 0.2) is 12.1 Å². The molecule has 1 saturated heterocycles. The maximum absolute atomic E-state index is 12.5. The first-order valence-electron chi connectivity index (χ1n) is 11.6. The molecular weight excluding hydrogens is 469 g/mol. The number of hydrogen-bond acceptors (Lipinski definition) is 6. The van der Waals surface area contributed by atoms with Crippen molar-refractivity contribution in [3.05, 3.63) is 23.8 Å². The SMILES string of the molecule is CCCCCCC(C)/C=C(C)/C=C/C(=O)N[C@H]1CC2(OC1OC)[C@H](O)[C@H](Cl)C(=O)[C@H](Cl)[C@H]2O. The second kappa shape index (κ2) is 12.7. The van der Waals surface area contributed by atoms with Crippen LogP contribution in [-0.2, 0) is 19.1 Å².